The van der Waals surface area contributed by atoms with Gasteiger partial charge in [0.1, 0.15) is 12.4 Å². The summed E-state index contributed by atoms with van der Waals surface area (Å²) in [5.41, 5.74) is 12.2. The Morgan fingerprint density at radius 1 is 1.19 bits per heavy atom. The number of nitrogens with zero attached hydrogens (tertiary/aromatic N) is 1. The first-order valence-corrected chi connectivity index (χ1v) is 11.3. The number of nitrogens with two attached hydrogens (primary N) is 1. The van der Waals surface area contributed by atoms with E-state index in [4.69, 9.17) is 15.3 Å². The van der Waals surface area contributed by atoms with Gasteiger partial charge in [0.25, 0.3) is 0 Å². The van der Waals surface area contributed by atoms with Crippen LogP contribution in [0.3, 0.4) is 0 Å². The van der Waals surface area contributed by atoms with E-state index >= 15 is 0 Å². The molecule has 0 bridgehead atoms. The molecule has 1 fully saturated rings. The zero-order valence-corrected chi connectivity index (χ0v) is 18.6. The molecule has 0 radical (unpaired) electrons. The van der Waals surface area contributed by atoms with Crippen LogP contribution in [0.25, 0.3) is 0 Å². The molecular formula is C26H34N2O3. The quantitative estimate of drug-likeness (QED) is 0.514. The van der Waals surface area contributed by atoms with Gasteiger partial charge >= 0.3 is 0 Å². The SMILES string of the molecule is COc1ccccc1CON=C(C)[C@@H]1CCc2cc([C@H]3CC[C@](N)(CO)C3)ccc2C1. The minimum atomic E-state index is -0.400. The Kier molecular flexibility index (Phi) is 6.63. The third-order valence-corrected chi connectivity index (χ3v) is 7.10. The number of benzene rings is 2. The Morgan fingerprint density at radius 3 is 2.81 bits per heavy atom. The van der Waals surface area contributed by atoms with E-state index in [0.717, 1.165) is 55.5 Å². The minimum Gasteiger partial charge on any atom is -0.496 e. The van der Waals surface area contributed by atoms with Crippen LogP contribution in [0.5, 0.6) is 5.75 Å². The van der Waals surface area contributed by atoms with E-state index in [0.29, 0.717) is 18.4 Å². The van der Waals surface area contributed by atoms with Crippen LogP contribution >= 0.6 is 0 Å². The van der Waals surface area contributed by atoms with Gasteiger partial charge in [0.05, 0.1) is 19.4 Å². The molecule has 0 saturated heterocycles. The lowest BCUT2D eigenvalue weighted by Gasteiger charge is -2.26. The predicted octanol–water partition coefficient (Wildman–Crippen LogP) is 4.35. The highest BCUT2D eigenvalue weighted by atomic mass is 16.6. The van der Waals surface area contributed by atoms with Gasteiger partial charge < -0.3 is 20.4 Å². The molecule has 2 aromatic carbocycles. The lowest BCUT2D eigenvalue weighted by atomic mass is 9.80. The molecule has 166 valence electrons. The predicted molar refractivity (Wildman–Crippen MR) is 123 cm³/mol. The molecule has 3 N–H and O–H groups in total. The Bertz CT molecular complexity index is 942. The summed E-state index contributed by atoms with van der Waals surface area (Å²) in [6, 6.07) is 14.8. The summed E-state index contributed by atoms with van der Waals surface area (Å²) in [6.07, 6.45) is 6.00. The van der Waals surface area contributed by atoms with E-state index in [-0.39, 0.29) is 6.61 Å². The molecule has 5 heteroatoms. The van der Waals surface area contributed by atoms with Crippen molar-refractivity contribution in [2.45, 2.75) is 63.5 Å². The van der Waals surface area contributed by atoms with E-state index in [9.17, 15) is 5.11 Å². The van der Waals surface area contributed by atoms with Crippen LogP contribution in [-0.4, -0.2) is 30.1 Å². The topological polar surface area (TPSA) is 77.1 Å². The number of para-hydroxylation sites is 1. The van der Waals surface area contributed by atoms with Crippen molar-refractivity contribution >= 4 is 5.71 Å². The zero-order valence-electron chi connectivity index (χ0n) is 18.6. The normalized spacial score (nSPS) is 25.9. The van der Waals surface area contributed by atoms with Crippen LogP contribution in [0.15, 0.2) is 47.6 Å². The van der Waals surface area contributed by atoms with Gasteiger partial charge in [-0.25, -0.2) is 0 Å². The first kappa shape index (κ1) is 21.8. The maximum atomic E-state index is 9.56. The number of hydrogen-bond acceptors (Lipinski definition) is 5. The van der Waals surface area contributed by atoms with Crippen molar-refractivity contribution in [3.63, 3.8) is 0 Å². The maximum Gasteiger partial charge on any atom is 0.145 e. The van der Waals surface area contributed by atoms with Crippen LogP contribution in [-0.2, 0) is 24.3 Å². The Labute approximate surface area is 185 Å². The summed E-state index contributed by atoms with van der Waals surface area (Å²) in [5, 5.41) is 14.0. The van der Waals surface area contributed by atoms with Crippen molar-refractivity contribution in [3.8, 4) is 5.75 Å². The Morgan fingerprint density at radius 2 is 2.03 bits per heavy atom. The van der Waals surface area contributed by atoms with E-state index in [2.05, 4.69) is 30.3 Å². The number of fused-ring (bicyclic) bond motifs is 1. The molecule has 0 spiro atoms. The van der Waals surface area contributed by atoms with Crippen LogP contribution < -0.4 is 10.5 Å². The van der Waals surface area contributed by atoms with Gasteiger partial charge in [0, 0.05) is 17.0 Å². The van der Waals surface area contributed by atoms with Gasteiger partial charge in [-0.1, -0.05) is 41.6 Å². The molecular weight excluding hydrogens is 388 g/mol. The average molecular weight is 423 g/mol. The van der Waals surface area contributed by atoms with E-state index in [1.807, 2.05) is 24.3 Å². The summed E-state index contributed by atoms with van der Waals surface area (Å²) >= 11 is 0. The molecule has 0 amide bonds. The third-order valence-electron chi connectivity index (χ3n) is 7.10. The maximum absolute atomic E-state index is 9.56. The summed E-state index contributed by atoms with van der Waals surface area (Å²) in [4.78, 5) is 5.66. The average Bonchev–Trinajstić information content (AvgIpc) is 3.21. The number of aliphatic hydroxyl groups is 1. The molecule has 2 aliphatic rings. The second kappa shape index (κ2) is 9.41. The smallest absolute Gasteiger partial charge is 0.145 e. The van der Waals surface area contributed by atoms with Crippen molar-refractivity contribution in [1.29, 1.82) is 0 Å². The molecule has 4 rings (SSSR count). The molecule has 1 saturated carbocycles. The summed E-state index contributed by atoms with van der Waals surface area (Å²) in [5.74, 6) is 1.70. The van der Waals surface area contributed by atoms with Crippen LogP contribution in [0.4, 0.5) is 0 Å². The van der Waals surface area contributed by atoms with E-state index in [1.165, 1.54) is 16.7 Å². The third kappa shape index (κ3) is 4.94. The molecule has 3 atom stereocenters. The Balaban J connectivity index is 1.37. The number of aliphatic hydroxyl groups excluding tert-OH is 1. The molecule has 0 heterocycles. The molecule has 2 aliphatic carbocycles. The fourth-order valence-corrected chi connectivity index (χ4v) is 5.07. The molecule has 0 aromatic heterocycles. The summed E-state index contributed by atoms with van der Waals surface area (Å²) in [6.45, 7) is 2.56. The molecule has 5 nitrogen and oxygen atoms in total. The highest BCUT2D eigenvalue weighted by Crippen LogP contribution is 2.40. The largest absolute Gasteiger partial charge is 0.496 e. The standard InChI is InChI=1S/C26H34N2O3/c1-18(28-31-16-24-5-3-4-6-25(24)30-2)19-7-8-21-14-22(10-9-20(21)13-19)23-11-12-26(27,15-23)17-29/h3-6,9-10,14,19,23,29H,7-8,11-13,15-17,27H2,1-2H3/t19-,23+,26-/m1/s1. The Hall–Kier alpha value is -2.37. The number of hydrogen-bond donors (Lipinski definition) is 2. The van der Waals surface area contributed by atoms with E-state index < -0.39 is 5.54 Å². The fourth-order valence-electron chi connectivity index (χ4n) is 5.07. The number of oxime groups is 1. The number of rotatable bonds is 7. The van der Waals surface area contributed by atoms with Crippen LogP contribution in [0.1, 0.15) is 60.8 Å². The van der Waals surface area contributed by atoms with Crippen LogP contribution in [0.2, 0.25) is 0 Å². The van der Waals surface area contributed by atoms with Gasteiger partial charge in [-0.2, -0.15) is 0 Å². The molecule has 2 aromatic rings. The van der Waals surface area contributed by atoms with Gasteiger partial charge in [-0.15, -0.1) is 0 Å². The van der Waals surface area contributed by atoms with E-state index in [1.54, 1.807) is 7.11 Å². The highest BCUT2D eigenvalue weighted by Gasteiger charge is 2.36. The number of methoxy groups -OCH3 is 1. The van der Waals surface area contributed by atoms with Crippen molar-refractivity contribution < 1.29 is 14.7 Å². The van der Waals surface area contributed by atoms with Crippen molar-refractivity contribution in [3.05, 3.63) is 64.7 Å². The van der Waals surface area contributed by atoms with Crippen LogP contribution in [0, 0.1) is 5.92 Å². The van der Waals surface area contributed by atoms with Gasteiger partial charge in [-0.05, 0) is 74.1 Å². The first-order valence-electron chi connectivity index (χ1n) is 11.3. The van der Waals surface area contributed by atoms with Crippen molar-refractivity contribution in [2.75, 3.05) is 13.7 Å². The second-order valence-electron chi connectivity index (χ2n) is 9.25. The summed E-state index contributed by atoms with van der Waals surface area (Å²) in [7, 11) is 1.67. The first-order chi connectivity index (χ1) is 15.0. The number of ether oxygens (including phenoxy) is 1. The molecule has 0 aliphatic heterocycles. The minimum absolute atomic E-state index is 0.0772. The lowest BCUT2D eigenvalue weighted by molar-refractivity contribution is 0.126. The second-order valence-corrected chi connectivity index (χ2v) is 9.25. The fraction of sp³-hybridized carbons (Fsp3) is 0.500. The van der Waals surface area contributed by atoms with Gasteiger partial charge in [0.15, 0.2) is 0 Å². The van der Waals surface area contributed by atoms with Gasteiger partial charge in [-0.3, -0.25) is 0 Å². The van der Waals surface area contributed by atoms with Gasteiger partial charge in [0.2, 0.25) is 0 Å². The van der Waals surface area contributed by atoms with Crippen molar-refractivity contribution in [2.24, 2.45) is 16.8 Å². The number of aryl methyl sites for hydroxylation is 1. The highest BCUT2D eigenvalue weighted by molar-refractivity contribution is 5.84. The zero-order chi connectivity index (χ0) is 21.8. The molecule has 31 heavy (non-hydrogen) atoms. The monoisotopic (exact) mass is 422 g/mol. The molecule has 0 unspecified atom stereocenters. The lowest BCUT2D eigenvalue weighted by Crippen LogP contribution is -2.40. The summed E-state index contributed by atoms with van der Waals surface area (Å²) < 4.78 is 5.37. The van der Waals surface area contributed by atoms with Crippen molar-refractivity contribution in [1.82, 2.24) is 0 Å².